The summed E-state index contributed by atoms with van der Waals surface area (Å²) < 4.78 is 49.9. The van der Waals surface area contributed by atoms with Crippen molar-refractivity contribution in [1.82, 2.24) is 24.3 Å². The van der Waals surface area contributed by atoms with E-state index in [-0.39, 0.29) is 69.7 Å². The summed E-state index contributed by atoms with van der Waals surface area (Å²) in [6.45, 7) is 6.58. The van der Waals surface area contributed by atoms with Crippen LogP contribution in [0.3, 0.4) is 0 Å². The molecule has 5 heterocycles. The van der Waals surface area contributed by atoms with Gasteiger partial charge in [-0.1, -0.05) is 13.8 Å². The van der Waals surface area contributed by atoms with Crippen LogP contribution in [0.5, 0.6) is 5.75 Å². The number of pyridine rings is 1. The lowest BCUT2D eigenvalue weighted by Gasteiger charge is -2.39. The number of anilines is 2. The molecule has 230 valence electrons. The van der Waals surface area contributed by atoms with Crippen LogP contribution < -0.4 is 15.8 Å². The molecule has 13 heteroatoms. The lowest BCUT2D eigenvalue weighted by Crippen LogP contribution is -2.44. The van der Waals surface area contributed by atoms with E-state index in [9.17, 15) is 18.4 Å². The molecular weight excluding hydrogens is 575 g/mol. The molecule has 0 saturated carbocycles. The molecule has 2 saturated heterocycles. The van der Waals surface area contributed by atoms with Crippen LogP contribution in [-0.2, 0) is 4.79 Å². The van der Waals surface area contributed by atoms with Crippen molar-refractivity contribution >= 4 is 29.0 Å². The SMILES string of the molecule is CCOc1cc(C(=O)Nc2cc(C(F)F)ccn2)cc(F)c1-c1nc([C@@H]2CC[C@@H]3N(C2)C(=O)CC3(C)C)n2ccnc(N)c12. The molecule has 6 rings (SSSR count). The van der Waals surface area contributed by atoms with Gasteiger partial charge in [-0.25, -0.2) is 28.1 Å². The minimum atomic E-state index is -2.75. The van der Waals surface area contributed by atoms with E-state index in [2.05, 4.69) is 29.1 Å². The summed E-state index contributed by atoms with van der Waals surface area (Å²) in [5.74, 6) is -0.896. The van der Waals surface area contributed by atoms with Gasteiger partial charge in [-0.2, -0.15) is 0 Å². The minimum absolute atomic E-state index is 0.00302. The number of aromatic nitrogens is 4. The zero-order chi connectivity index (χ0) is 31.3. The van der Waals surface area contributed by atoms with Gasteiger partial charge in [0.05, 0.1) is 12.2 Å². The summed E-state index contributed by atoms with van der Waals surface area (Å²) in [6.07, 6.45) is 3.73. The van der Waals surface area contributed by atoms with Crippen LogP contribution in [0.15, 0.2) is 42.9 Å². The summed E-state index contributed by atoms with van der Waals surface area (Å²) in [5, 5.41) is 2.44. The number of fused-ring (bicyclic) bond motifs is 2. The molecule has 4 aromatic rings. The molecule has 0 spiro atoms. The number of nitrogens with two attached hydrogens (primary N) is 1. The largest absolute Gasteiger partial charge is 0.493 e. The molecule has 10 nitrogen and oxygen atoms in total. The van der Waals surface area contributed by atoms with Gasteiger partial charge in [0.15, 0.2) is 0 Å². The second kappa shape index (κ2) is 11.1. The van der Waals surface area contributed by atoms with Crippen LogP contribution in [0, 0.1) is 11.2 Å². The van der Waals surface area contributed by atoms with Crippen molar-refractivity contribution in [3.63, 3.8) is 0 Å². The maximum atomic E-state index is 16.1. The molecule has 0 bridgehead atoms. The fourth-order valence-corrected chi connectivity index (χ4v) is 6.48. The van der Waals surface area contributed by atoms with E-state index < -0.39 is 18.1 Å². The zero-order valence-corrected chi connectivity index (χ0v) is 24.5. The lowest BCUT2D eigenvalue weighted by molar-refractivity contribution is -0.130. The molecule has 1 aromatic carbocycles. The summed E-state index contributed by atoms with van der Waals surface area (Å²) >= 11 is 0. The van der Waals surface area contributed by atoms with Gasteiger partial charge in [0.2, 0.25) is 5.91 Å². The second-order valence-electron chi connectivity index (χ2n) is 11.8. The van der Waals surface area contributed by atoms with Gasteiger partial charge >= 0.3 is 0 Å². The molecule has 2 amide bonds. The predicted octanol–water partition coefficient (Wildman–Crippen LogP) is 5.61. The highest BCUT2D eigenvalue weighted by atomic mass is 19.3. The Hall–Kier alpha value is -4.68. The Bertz CT molecular complexity index is 1770. The predicted molar refractivity (Wildman–Crippen MR) is 157 cm³/mol. The van der Waals surface area contributed by atoms with Crippen molar-refractivity contribution in [1.29, 1.82) is 0 Å². The number of imidazole rings is 1. The highest BCUT2D eigenvalue weighted by Gasteiger charge is 2.48. The van der Waals surface area contributed by atoms with Crippen molar-refractivity contribution in [2.24, 2.45) is 5.41 Å². The number of alkyl halides is 2. The lowest BCUT2D eigenvalue weighted by atomic mass is 9.79. The molecule has 3 N–H and O–H groups in total. The first-order chi connectivity index (χ1) is 21.0. The van der Waals surface area contributed by atoms with Crippen LogP contribution in [0.2, 0.25) is 0 Å². The van der Waals surface area contributed by atoms with Gasteiger partial charge in [-0.05, 0) is 49.4 Å². The number of rotatable bonds is 7. The van der Waals surface area contributed by atoms with Crippen LogP contribution in [0.1, 0.15) is 74.1 Å². The number of carbonyl (C=O) groups is 2. The monoisotopic (exact) mass is 607 g/mol. The molecule has 0 radical (unpaired) electrons. The summed E-state index contributed by atoms with van der Waals surface area (Å²) in [6, 6.07) is 4.73. The Kier molecular flexibility index (Phi) is 7.42. The van der Waals surface area contributed by atoms with Crippen molar-refractivity contribution < 1.29 is 27.5 Å². The molecule has 0 aliphatic carbocycles. The highest BCUT2D eigenvalue weighted by Crippen LogP contribution is 2.46. The Morgan fingerprint density at radius 1 is 1.20 bits per heavy atom. The van der Waals surface area contributed by atoms with E-state index in [0.717, 1.165) is 37.2 Å². The number of benzene rings is 1. The average Bonchev–Trinajstić information content (AvgIpc) is 3.47. The van der Waals surface area contributed by atoms with E-state index in [0.29, 0.717) is 24.3 Å². The van der Waals surface area contributed by atoms with E-state index in [4.69, 9.17) is 15.5 Å². The fourth-order valence-electron chi connectivity index (χ4n) is 6.48. The standard InChI is InChI=1S/C31H32F3N7O3/c1-4-44-20-12-18(30(43)38-22-13-16(27(33)34)7-8-36-22)11-19(32)24(20)25-26-28(35)37-9-10-40(26)29(39-25)17-5-6-21-31(2,3)14-23(42)41(21)15-17/h7-13,17,21,27H,4-6,14-15H2,1-3H3,(H2,35,37)(H,36,38,43)/t17-,21+/m1/s1. The third-order valence-electron chi connectivity index (χ3n) is 8.52. The number of nitrogens with zero attached hydrogens (tertiary/aromatic N) is 5. The molecule has 2 aliphatic heterocycles. The van der Waals surface area contributed by atoms with Crippen LogP contribution in [-0.4, -0.2) is 55.3 Å². The molecule has 2 fully saturated rings. The van der Waals surface area contributed by atoms with E-state index in [1.54, 1.807) is 17.5 Å². The first-order valence-electron chi connectivity index (χ1n) is 14.4. The van der Waals surface area contributed by atoms with Gasteiger partial charge in [-0.15, -0.1) is 0 Å². The molecule has 44 heavy (non-hydrogen) atoms. The third kappa shape index (κ3) is 5.09. The summed E-state index contributed by atoms with van der Waals surface area (Å²) in [5.41, 5.74) is 6.37. The minimum Gasteiger partial charge on any atom is -0.493 e. The first kappa shape index (κ1) is 29.4. The smallest absolute Gasteiger partial charge is 0.264 e. The Morgan fingerprint density at radius 2 is 2.00 bits per heavy atom. The van der Waals surface area contributed by atoms with Gasteiger partial charge in [0, 0.05) is 54.6 Å². The Labute approximate surface area is 251 Å². The van der Waals surface area contributed by atoms with Crippen molar-refractivity contribution in [3.8, 4) is 17.0 Å². The number of ether oxygens (including phenoxy) is 1. The third-order valence-corrected chi connectivity index (χ3v) is 8.52. The zero-order valence-electron chi connectivity index (χ0n) is 24.5. The normalized spacial score (nSPS) is 19.4. The molecule has 2 atom stereocenters. The number of nitrogen functional groups attached to an aromatic ring is 1. The maximum absolute atomic E-state index is 16.1. The number of piperidine rings is 1. The average molecular weight is 608 g/mol. The Morgan fingerprint density at radius 3 is 2.75 bits per heavy atom. The van der Waals surface area contributed by atoms with Gasteiger partial charge < -0.3 is 20.7 Å². The number of halogens is 3. The molecule has 3 aromatic heterocycles. The van der Waals surface area contributed by atoms with E-state index >= 15 is 4.39 Å². The maximum Gasteiger partial charge on any atom is 0.264 e. The molecule has 2 aliphatic rings. The van der Waals surface area contributed by atoms with Crippen molar-refractivity contribution in [2.45, 2.75) is 58.4 Å². The highest BCUT2D eigenvalue weighted by molar-refractivity contribution is 6.05. The molecular formula is C31H32F3N7O3. The number of hydrogen-bond acceptors (Lipinski definition) is 7. The van der Waals surface area contributed by atoms with Crippen molar-refractivity contribution in [2.75, 3.05) is 24.2 Å². The van der Waals surface area contributed by atoms with Crippen LogP contribution in [0.4, 0.5) is 24.8 Å². The van der Waals surface area contributed by atoms with E-state index in [1.807, 2.05) is 4.90 Å². The number of hydrogen-bond donors (Lipinski definition) is 2. The Balaban J connectivity index is 1.40. The number of amides is 2. The van der Waals surface area contributed by atoms with Gasteiger partial charge in [-0.3, -0.25) is 14.0 Å². The van der Waals surface area contributed by atoms with Crippen LogP contribution in [0.25, 0.3) is 16.8 Å². The van der Waals surface area contributed by atoms with E-state index in [1.165, 1.54) is 12.3 Å². The first-order valence-corrected chi connectivity index (χ1v) is 14.4. The molecule has 0 unspecified atom stereocenters. The van der Waals surface area contributed by atoms with Crippen molar-refractivity contribution in [3.05, 3.63) is 65.6 Å². The fraction of sp³-hybridized carbons (Fsp3) is 0.387. The topological polar surface area (TPSA) is 128 Å². The van der Waals surface area contributed by atoms with Crippen LogP contribution >= 0.6 is 0 Å². The summed E-state index contributed by atoms with van der Waals surface area (Å²) in [4.78, 5) is 40.9. The quantitative estimate of drug-likeness (QED) is 0.280. The number of carbonyl (C=O) groups excluding carboxylic acids is 2. The van der Waals surface area contributed by atoms with Gasteiger partial charge in [0.25, 0.3) is 12.3 Å². The summed E-state index contributed by atoms with van der Waals surface area (Å²) in [7, 11) is 0. The van der Waals surface area contributed by atoms with Gasteiger partial charge in [0.1, 0.15) is 40.2 Å². The number of nitrogens with one attached hydrogen (secondary N) is 1. The second-order valence-corrected chi connectivity index (χ2v) is 11.8.